The number of anilines is 1. The molecule has 7 heteroatoms. The second-order valence-corrected chi connectivity index (χ2v) is 7.27. The molecule has 0 radical (unpaired) electrons. The van der Waals surface area contributed by atoms with Crippen LogP contribution < -0.4 is 19.5 Å². The van der Waals surface area contributed by atoms with Crippen molar-refractivity contribution >= 4 is 22.6 Å². The van der Waals surface area contributed by atoms with Gasteiger partial charge < -0.3 is 24.5 Å². The Hall–Kier alpha value is -4.00. The maximum Gasteiger partial charge on any atom is 0.255 e. The molecule has 164 valence electrons. The van der Waals surface area contributed by atoms with E-state index in [-0.39, 0.29) is 5.91 Å². The Labute approximate surface area is 186 Å². The number of rotatable bonds is 8. The number of aryl methyl sites for hydroxylation is 2. The minimum absolute atomic E-state index is 0.285. The first kappa shape index (κ1) is 21.2. The van der Waals surface area contributed by atoms with Crippen molar-refractivity contribution in [1.29, 1.82) is 0 Å². The zero-order chi connectivity index (χ0) is 22.5. The number of benzene rings is 3. The van der Waals surface area contributed by atoms with E-state index in [4.69, 9.17) is 14.2 Å². The predicted molar refractivity (Wildman–Crippen MR) is 124 cm³/mol. The highest BCUT2D eigenvalue weighted by atomic mass is 16.5. The van der Waals surface area contributed by atoms with Crippen LogP contribution in [0.25, 0.3) is 11.0 Å². The number of fused-ring (bicyclic) bond motifs is 1. The molecule has 0 fully saturated rings. The largest absolute Gasteiger partial charge is 0.493 e. The van der Waals surface area contributed by atoms with E-state index in [1.54, 1.807) is 12.1 Å². The van der Waals surface area contributed by atoms with E-state index >= 15 is 0 Å². The van der Waals surface area contributed by atoms with Gasteiger partial charge in [-0.3, -0.25) is 4.79 Å². The van der Waals surface area contributed by atoms with Gasteiger partial charge in [-0.1, -0.05) is 30.3 Å². The Balaban J connectivity index is 1.51. The van der Waals surface area contributed by atoms with Crippen LogP contribution in [0.2, 0.25) is 0 Å². The molecule has 0 saturated carbocycles. The number of carbonyl (C=O) groups is 1. The average molecular weight is 431 g/mol. The summed E-state index contributed by atoms with van der Waals surface area (Å²) >= 11 is 0. The number of imidazole rings is 1. The molecule has 3 aromatic carbocycles. The average Bonchev–Trinajstić information content (AvgIpc) is 3.24. The lowest BCUT2D eigenvalue weighted by Gasteiger charge is -2.14. The number of hydrogen-bond donors (Lipinski definition) is 2. The van der Waals surface area contributed by atoms with E-state index in [2.05, 4.69) is 27.4 Å². The number of aromatic amines is 1. The number of hydrogen-bond acceptors (Lipinski definition) is 5. The molecule has 0 unspecified atom stereocenters. The molecule has 0 aliphatic heterocycles. The number of ether oxygens (including phenoxy) is 3. The predicted octanol–water partition coefficient (Wildman–Crippen LogP) is 4.63. The number of nitrogens with zero attached hydrogens (tertiary/aromatic N) is 1. The molecule has 0 spiro atoms. The molecule has 7 nitrogen and oxygen atoms in total. The molecular weight excluding hydrogens is 406 g/mol. The second kappa shape index (κ2) is 9.43. The monoisotopic (exact) mass is 431 g/mol. The molecule has 2 N–H and O–H groups in total. The molecule has 0 atom stereocenters. The third-order valence-electron chi connectivity index (χ3n) is 5.21. The van der Waals surface area contributed by atoms with Crippen molar-refractivity contribution in [3.63, 3.8) is 0 Å². The fourth-order valence-corrected chi connectivity index (χ4v) is 3.58. The summed E-state index contributed by atoms with van der Waals surface area (Å²) in [6.07, 6.45) is 1.72. The lowest BCUT2D eigenvalue weighted by molar-refractivity contribution is 0.102. The SMILES string of the molecule is COc1cc(C(=O)Nc2ccc3nc(CCc4ccccc4)[nH]c3c2)cc(OC)c1OC. The Morgan fingerprint density at radius 1 is 0.906 bits per heavy atom. The maximum atomic E-state index is 12.9. The van der Waals surface area contributed by atoms with Crippen LogP contribution in [0.4, 0.5) is 5.69 Å². The highest BCUT2D eigenvalue weighted by molar-refractivity contribution is 6.05. The lowest BCUT2D eigenvalue weighted by atomic mass is 10.1. The zero-order valence-corrected chi connectivity index (χ0v) is 18.3. The van der Waals surface area contributed by atoms with Crippen LogP contribution in [0.1, 0.15) is 21.7 Å². The molecule has 1 heterocycles. The van der Waals surface area contributed by atoms with Gasteiger partial charge in [-0.05, 0) is 42.3 Å². The van der Waals surface area contributed by atoms with E-state index in [1.807, 2.05) is 36.4 Å². The first-order valence-electron chi connectivity index (χ1n) is 10.2. The summed E-state index contributed by atoms with van der Waals surface area (Å²) in [7, 11) is 4.55. The van der Waals surface area contributed by atoms with Crippen LogP contribution in [-0.2, 0) is 12.8 Å². The zero-order valence-electron chi connectivity index (χ0n) is 18.3. The molecule has 0 bridgehead atoms. The maximum absolute atomic E-state index is 12.9. The van der Waals surface area contributed by atoms with E-state index in [0.29, 0.717) is 28.5 Å². The number of nitrogens with one attached hydrogen (secondary N) is 2. The number of methoxy groups -OCH3 is 3. The third kappa shape index (κ3) is 4.51. The fraction of sp³-hybridized carbons (Fsp3) is 0.200. The van der Waals surface area contributed by atoms with Gasteiger partial charge in [0.05, 0.1) is 32.4 Å². The first-order chi connectivity index (χ1) is 15.6. The summed E-state index contributed by atoms with van der Waals surface area (Å²) in [6, 6.07) is 19.2. The Bertz CT molecular complexity index is 1210. The van der Waals surface area contributed by atoms with E-state index in [0.717, 1.165) is 29.7 Å². The quantitative estimate of drug-likeness (QED) is 0.425. The smallest absolute Gasteiger partial charge is 0.255 e. The van der Waals surface area contributed by atoms with Gasteiger partial charge in [0.15, 0.2) is 11.5 Å². The molecule has 0 aliphatic carbocycles. The highest BCUT2D eigenvalue weighted by Crippen LogP contribution is 2.38. The summed E-state index contributed by atoms with van der Waals surface area (Å²) in [5.74, 6) is 1.91. The van der Waals surface area contributed by atoms with Crippen LogP contribution in [0.15, 0.2) is 60.7 Å². The summed E-state index contributed by atoms with van der Waals surface area (Å²) < 4.78 is 16.0. The molecule has 4 rings (SSSR count). The van der Waals surface area contributed by atoms with Gasteiger partial charge >= 0.3 is 0 Å². The van der Waals surface area contributed by atoms with Gasteiger partial charge in [0, 0.05) is 17.7 Å². The van der Waals surface area contributed by atoms with E-state index in [1.165, 1.54) is 26.9 Å². The molecule has 1 aromatic heterocycles. The van der Waals surface area contributed by atoms with Crippen LogP contribution >= 0.6 is 0 Å². The van der Waals surface area contributed by atoms with Crippen LogP contribution in [0.5, 0.6) is 17.2 Å². The number of H-pyrrole nitrogens is 1. The van der Waals surface area contributed by atoms with Crippen molar-refractivity contribution < 1.29 is 19.0 Å². The van der Waals surface area contributed by atoms with Crippen LogP contribution in [0.3, 0.4) is 0 Å². The van der Waals surface area contributed by atoms with Gasteiger partial charge in [-0.15, -0.1) is 0 Å². The number of carbonyl (C=O) groups excluding carboxylic acids is 1. The molecule has 4 aromatic rings. The summed E-state index contributed by atoms with van der Waals surface area (Å²) in [6.45, 7) is 0. The minimum atomic E-state index is -0.285. The van der Waals surface area contributed by atoms with Gasteiger partial charge in [0.1, 0.15) is 5.82 Å². The molecule has 1 amide bonds. The molecular formula is C25H25N3O4. The van der Waals surface area contributed by atoms with Crippen LogP contribution in [-0.4, -0.2) is 37.2 Å². The topological polar surface area (TPSA) is 85.5 Å². The van der Waals surface area contributed by atoms with Crippen molar-refractivity contribution in [1.82, 2.24) is 9.97 Å². The van der Waals surface area contributed by atoms with E-state index < -0.39 is 0 Å². The summed E-state index contributed by atoms with van der Waals surface area (Å²) in [5.41, 5.74) is 4.06. The van der Waals surface area contributed by atoms with Gasteiger partial charge in [-0.25, -0.2) is 4.98 Å². The third-order valence-corrected chi connectivity index (χ3v) is 5.21. The van der Waals surface area contributed by atoms with Gasteiger partial charge in [0.2, 0.25) is 5.75 Å². The van der Waals surface area contributed by atoms with E-state index in [9.17, 15) is 4.79 Å². The molecule has 0 aliphatic rings. The Morgan fingerprint density at radius 3 is 2.28 bits per heavy atom. The second-order valence-electron chi connectivity index (χ2n) is 7.27. The number of aromatic nitrogens is 2. The lowest BCUT2D eigenvalue weighted by Crippen LogP contribution is -2.12. The summed E-state index contributed by atoms with van der Waals surface area (Å²) in [4.78, 5) is 20.9. The normalized spacial score (nSPS) is 10.7. The van der Waals surface area contributed by atoms with Gasteiger partial charge in [-0.2, -0.15) is 0 Å². The van der Waals surface area contributed by atoms with Crippen molar-refractivity contribution in [2.75, 3.05) is 26.6 Å². The van der Waals surface area contributed by atoms with Gasteiger partial charge in [0.25, 0.3) is 5.91 Å². The van der Waals surface area contributed by atoms with Crippen molar-refractivity contribution in [3.8, 4) is 17.2 Å². The highest BCUT2D eigenvalue weighted by Gasteiger charge is 2.17. The first-order valence-corrected chi connectivity index (χ1v) is 10.2. The van der Waals surface area contributed by atoms with Crippen molar-refractivity contribution in [3.05, 3.63) is 77.6 Å². The van der Waals surface area contributed by atoms with Crippen LogP contribution in [0, 0.1) is 0 Å². The molecule has 0 saturated heterocycles. The van der Waals surface area contributed by atoms with Crippen molar-refractivity contribution in [2.45, 2.75) is 12.8 Å². The number of amides is 1. The summed E-state index contributed by atoms with van der Waals surface area (Å²) in [5, 5.41) is 2.92. The molecule has 32 heavy (non-hydrogen) atoms. The Kier molecular flexibility index (Phi) is 6.26. The van der Waals surface area contributed by atoms with Crippen molar-refractivity contribution in [2.24, 2.45) is 0 Å². The standard InChI is InChI=1S/C25H25N3O4/c1-30-21-13-17(14-22(31-2)24(21)32-3)25(29)26-18-10-11-19-20(15-18)28-23(27-19)12-9-16-7-5-4-6-8-16/h4-8,10-11,13-15H,9,12H2,1-3H3,(H,26,29)(H,27,28). The fourth-order valence-electron chi connectivity index (χ4n) is 3.58. The Morgan fingerprint density at radius 2 is 1.62 bits per heavy atom. The minimum Gasteiger partial charge on any atom is -0.493 e.